The van der Waals surface area contributed by atoms with Crippen LogP contribution in [0.25, 0.3) is 6.08 Å². The van der Waals surface area contributed by atoms with E-state index < -0.39 is 22.4 Å². The van der Waals surface area contributed by atoms with Gasteiger partial charge in [0.1, 0.15) is 11.6 Å². The lowest BCUT2D eigenvalue weighted by atomic mass is 10.1. The first kappa shape index (κ1) is 19.1. The highest BCUT2D eigenvalue weighted by Crippen LogP contribution is 2.37. The summed E-state index contributed by atoms with van der Waals surface area (Å²) in [6, 6.07) is 12.9. The molecule has 1 saturated heterocycles. The number of benzene rings is 2. The minimum absolute atomic E-state index is 0.109. The molecule has 0 radical (unpaired) electrons. The number of halogens is 1. The summed E-state index contributed by atoms with van der Waals surface area (Å²) in [5, 5.41) is 21.1. The SMILES string of the molecule is N#CCOc1c(Br)cc(/C=C2/C(=O)NN(c3ccccc3)C2=O)cc1[N+](=O)[O-]. The zero-order valence-electron chi connectivity index (χ0n) is 14.1. The summed E-state index contributed by atoms with van der Waals surface area (Å²) in [7, 11) is 0. The third-order valence-corrected chi connectivity index (χ3v) is 4.33. The van der Waals surface area contributed by atoms with Crippen LogP contribution in [-0.4, -0.2) is 23.3 Å². The number of hydrogen-bond donors (Lipinski definition) is 1. The third kappa shape index (κ3) is 3.70. The van der Waals surface area contributed by atoms with Gasteiger partial charge in [-0.05, 0) is 45.8 Å². The lowest BCUT2D eigenvalue weighted by molar-refractivity contribution is -0.385. The molecule has 140 valence electrons. The van der Waals surface area contributed by atoms with Crippen LogP contribution in [0.3, 0.4) is 0 Å². The Balaban J connectivity index is 1.99. The number of nitrogens with zero attached hydrogens (tertiary/aromatic N) is 3. The van der Waals surface area contributed by atoms with Gasteiger partial charge in [0.2, 0.25) is 5.75 Å². The Hall–Kier alpha value is -3.71. The summed E-state index contributed by atoms with van der Waals surface area (Å²) >= 11 is 3.16. The molecule has 0 saturated carbocycles. The molecular weight excluding hydrogens is 432 g/mol. The van der Waals surface area contributed by atoms with E-state index in [-0.39, 0.29) is 28.0 Å². The zero-order chi connectivity index (χ0) is 20.3. The monoisotopic (exact) mass is 442 g/mol. The van der Waals surface area contributed by atoms with Crippen LogP contribution in [-0.2, 0) is 9.59 Å². The number of carbonyl (C=O) groups is 2. The van der Waals surface area contributed by atoms with E-state index in [2.05, 4.69) is 21.4 Å². The molecule has 2 aromatic rings. The second-order valence-electron chi connectivity index (χ2n) is 5.53. The quantitative estimate of drug-likeness (QED) is 0.328. The fourth-order valence-corrected chi connectivity index (χ4v) is 3.13. The molecule has 28 heavy (non-hydrogen) atoms. The topological polar surface area (TPSA) is 126 Å². The van der Waals surface area contributed by atoms with Crippen molar-refractivity contribution in [1.29, 1.82) is 5.26 Å². The van der Waals surface area contributed by atoms with E-state index in [1.807, 2.05) is 0 Å². The maximum Gasteiger partial charge on any atom is 0.312 e. The van der Waals surface area contributed by atoms with Gasteiger partial charge >= 0.3 is 5.69 Å². The number of hydrazine groups is 1. The molecule has 0 aliphatic carbocycles. The molecule has 1 heterocycles. The van der Waals surface area contributed by atoms with Gasteiger partial charge in [0.15, 0.2) is 6.61 Å². The summed E-state index contributed by atoms with van der Waals surface area (Å²) in [5.74, 6) is -1.32. The Morgan fingerprint density at radius 3 is 2.64 bits per heavy atom. The molecule has 0 spiro atoms. The average Bonchev–Trinajstić information content (AvgIpc) is 2.95. The highest BCUT2D eigenvalue weighted by atomic mass is 79.9. The normalized spacial score (nSPS) is 14.7. The lowest BCUT2D eigenvalue weighted by Gasteiger charge is -2.13. The van der Waals surface area contributed by atoms with Crippen molar-refractivity contribution in [3.05, 3.63) is 68.2 Å². The lowest BCUT2D eigenvalue weighted by Crippen LogP contribution is -2.35. The van der Waals surface area contributed by atoms with Crippen molar-refractivity contribution in [3.8, 4) is 11.8 Å². The van der Waals surface area contributed by atoms with Gasteiger partial charge in [0, 0.05) is 6.07 Å². The number of nitro groups is 1. The first-order valence-corrected chi connectivity index (χ1v) is 8.61. The van der Waals surface area contributed by atoms with Gasteiger partial charge in [0.05, 0.1) is 15.1 Å². The molecule has 1 aliphatic heterocycles. The summed E-state index contributed by atoms with van der Waals surface area (Å²) in [5.41, 5.74) is 2.61. The molecule has 10 heteroatoms. The summed E-state index contributed by atoms with van der Waals surface area (Å²) in [6.07, 6.45) is 1.26. The standard InChI is InChI=1S/C18H11BrN4O5/c19-14-9-11(10-15(23(26)27)16(14)28-7-6-20)8-13-17(24)21-22(18(13)25)12-4-2-1-3-5-12/h1-5,8-10H,7H2,(H,21,24)/b13-8-. The molecule has 0 aromatic heterocycles. The number of nitriles is 1. The van der Waals surface area contributed by atoms with Crippen LogP contribution >= 0.6 is 15.9 Å². The first-order valence-electron chi connectivity index (χ1n) is 7.82. The number of amides is 2. The van der Waals surface area contributed by atoms with Gasteiger partial charge in [-0.1, -0.05) is 18.2 Å². The molecule has 1 aliphatic rings. The number of nitro benzene ring substituents is 1. The molecule has 3 rings (SSSR count). The number of rotatable bonds is 5. The number of nitrogens with one attached hydrogen (secondary N) is 1. The van der Waals surface area contributed by atoms with Gasteiger partial charge < -0.3 is 4.74 Å². The maximum absolute atomic E-state index is 12.6. The second kappa shape index (κ2) is 7.89. The number of ether oxygens (including phenoxy) is 1. The second-order valence-corrected chi connectivity index (χ2v) is 6.38. The van der Waals surface area contributed by atoms with Gasteiger partial charge in [-0.15, -0.1) is 0 Å². The Labute approximate surface area is 167 Å². The van der Waals surface area contributed by atoms with E-state index in [0.717, 1.165) is 11.1 Å². The number of anilines is 1. The predicted molar refractivity (Wildman–Crippen MR) is 102 cm³/mol. The Kier molecular flexibility index (Phi) is 5.37. The van der Waals surface area contributed by atoms with E-state index in [9.17, 15) is 19.7 Å². The summed E-state index contributed by atoms with van der Waals surface area (Å²) in [6.45, 7) is -0.368. The molecule has 2 amide bonds. The summed E-state index contributed by atoms with van der Waals surface area (Å²) in [4.78, 5) is 35.5. The molecule has 0 atom stereocenters. The van der Waals surface area contributed by atoms with Gasteiger partial charge in [-0.25, -0.2) is 5.01 Å². The molecule has 2 aromatic carbocycles. The number of para-hydroxylation sites is 1. The minimum atomic E-state index is -0.674. The van der Waals surface area contributed by atoms with Crippen molar-refractivity contribution >= 4 is 45.2 Å². The highest BCUT2D eigenvalue weighted by Gasteiger charge is 2.34. The van der Waals surface area contributed by atoms with E-state index in [0.29, 0.717) is 5.69 Å². The van der Waals surface area contributed by atoms with Crippen molar-refractivity contribution in [2.75, 3.05) is 11.6 Å². The molecule has 1 fully saturated rings. The van der Waals surface area contributed by atoms with Crippen LogP contribution < -0.4 is 15.2 Å². The van der Waals surface area contributed by atoms with Crippen LogP contribution in [0.2, 0.25) is 0 Å². The van der Waals surface area contributed by atoms with Crippen LogP contribution in [0.5, 0.6) is 5.75 Å². The fourth-order valence-electron chi connectivity index (χ4n) is 2.55. The fraction of sp³-hybridized carbons (Fsp3) is 0.0556. The smallest absolute Gasteiger partial charge is 0.312 e. The van der Waals surface area contributed by atoms with Crippen LogP contribution in [0, 0.1) is 21.4 Å². The first-order chi connectivity index (χ1) is 13.4. The number of carbonyl (C=O) groups excluding carboxylic acids is 2. The Morgan fingerprint density at radius 2 is 2.00 bits per heavy atom. The van der Waals surface area contributed by atoms with Crippen LogP contribution in [0.4, 0.5) is 11.4 Å². The predicted octanol–water partition coefficient (Wildman–Crippen LogP) is 2.72. The van der Waals surface area contributed by atoms with E-state index in [1.165, 1.54) is 12.1 Å². The highest BCUT2D eigenvalue weighted by molar-refractivity contribution is 9.10. The van der Waals surface area contributed by atoms with Crippen molar-refractivity contribution < 1.29 is 19.2 Å². The largest absolute Gasteiger partial charge is 0.471 e. The zero-order valence-corrected chi connectivity index (χ0v) is 15.7. The molecule has 0 bridgehead atoms. The third-order valence-electron chi connectivity index (χ3n) is 3.74. The minimum Gasteiger partial charge on any atom is -0.471 e. The average molecular weight is 443 g/mol. The van der Waals surface area contributed by atoms with Gasteiger partial charge in [-0.2, -0.15) is 5.26 Å². The Morgan fingerprint density at radius 1 is 1.29 bits per heavy atom. The molecular formula is C18H11BrN4O5. The van der Waals surface area contributed by atoms with Crippen molar-refractivity contribution in [2.45, 2.75) is 0 Å². The van der Waals surface area contributed by atoms with E-state index >= 15 is 0 Å². The van der Waals surface area contributed by atoms with E-state index in [4.69, 9.17) is 10.00 Å². The maximum atomic E-state index is 12.6. The van der Waals surface area contributed by atoms with Crippen LogP contribution in [0.15, 0.2) is 52.5 Å². The van der Waals surface area contributed by atoms with Gasteiger partial charge in [0.25, 0.3) is 11.8 Å². The van der Waals surface area contributed by atoms with Crippen molar-refractivity contribution in [2.24, 2.45) is 0 Å². The Bertz CT molecular complexity index is 1050. The van der Waals surface area contributed by atoms with Gasteiger partial charge in [-0.3, -0.25) is 25.1 Å². The number of hydrogen-bond acceptors (Lipinski definition) is 6. The molecule has 1 N–H and O–H groups in total. The van der Waals surface area contributed by atoms with Crippen LogP contribution in [0.1, 0.15) is 5.56 Å². The molecule has 9 nitrogen and oxygen atoms in total. The molecule has 0 unspecified atom stereocenters. The van der Waals surface area contributed by atoms with E-state index in [1.54, 1.807) is 36.4 Å². The van der Waals surface area contributed by atoms with Crippen molar-refractivity contribution in [3.63, 3.8) is 0 Å². The van der Waals surface area contributed by atoms with Crippen molar-refractivity contribution in [1.82, 2.24) is 5.43 Å². The summed E-state index contributed by atoms with van der Waals surface area (Å²) < 4.78 is 5.31.